The molecule has 4 heteroatoms. The number of hydrogen-bond acceptors (Lipinski definition) is 4. The maximum atomic E-state index is 5.59. The van der Waals surface area contributed by atoms with E-state index in [2.05, 4.69) is 43.0 Å². The van der Waals surface area contributed by atoms with Crippen molar-refractivity contribution in [2.45, 2.75) is 40.8 Å². The molecule has 0 bridgehead atoms. The van der Waals surface area contributed by atoms with Gasteiger partial charge in [-0.2, -0.15) is 0 Å². The van der Waals surface area contributed by atoms with Crippen LogP contribution in [-0.4, -0.2) is 23.0 Å². The molecular formula is C13H25N3S. The van der Waals surface area contributed by atoms with Gasteiger partial charge in [-0.1, -0.05) is 27.7 Å². The largest absolute Gasteiger partial charge is 0.325 e. The first-order valence-corrected chi connectivity index (χ1v) is 7.25. The number of nitrogens with two attached hydrogens (primary N) is 1. The molecule has 0 unspecified atom stereocenters. The molecule has 2 N–H and O–H groups in total. The number of rotatable bonds is 7. The topological polar surface area (TPSA) is 42.1 Å². The van der Waals surface area contributed by atoms with Crippen molar-refractivity contribution in [3.63, 3.8) is 0 Å². The van der Waals surface area contributed by atoms with Crippen LogP contribution in [0.5, 0.6) is 0 Å². The van der Waals surface area contributed by atoms with E-state index >= 15 is 0 Å². The van der Waals surface area contributed by atoms with Crippen molar-refractivity contribution in [3.8, 4) is 0 Å². The minimum Gasteiger partial charge on any atom is -0.325 e. The van der Waals surface area contributed by atoms with Crippen LogP contribution in [-0.2, 0) is 13.1 Å². The smallest absolute Gasteiger partial charge is 0.106 e. The van der Waals surface area contributed by atoms with Crippen molar-refractivity contribution < 1.29 is 0 Å². The van der Waals surface area contributed by atoms with E-state index in [4.69, 9.17) is 5.73 Å². The fourth-order valence-corrected chi connectivity index (χ4v) is 2.65. The van der Waals surface area contributed by atoms with Crippen LogP contribution in [0.1, 0.15) is 38.4 Å². The Morgan fingerprint density at radius 2 is 1.82 bits per heavy atom. The van der Waals surface area contributed by atoms with Gasteiger partial charge in [-0.3, -0.25) is 4.90 Å². The van der Waals surface area contributed by atoms with Crippen molar-refractivity contribution >= 4 is 11.3 Å². The van der Waals surface area contributed by atoms with Crippen LogP contribution in [0.4, 0.5) is 0 Å². The van der Waals surface area contributed by atoms with Crippen LogP contribution >= 0.6 is 11.3 Å². The average molecular weight is 255 g/mol. The third-order valence-electron chi connectivity index (χ3n) is 2.41. The van der Waals surface area contributed by atoms with Crippen molar-refractivity contribution in [3.05, 3.63) is 16.1 Å². The van der Waals surface area contributed by atoms with E-state index in [1.54, 1.807) is 11.3 Å². The van der Waals surface area contributed by atoms with Gasteiger partial charge in [0.1, 0.15) is 5.01 Å². The molecular weight excluding hydrogens is 230 g/mol. The monoisotopic (exact) mass is 255 g/mol. The molecule has 17 heavy (non-hydrogen) atoms. The molecule has 0 aliphatic carbocycles. The third kappa shape index (κ3) is 5.61. The highest BCUT2D eigenvalue weighted by molar-refractivity contribution is 7.09. The zero-order chi connectivity index (χ0) is 12.8. The number of aromatic nitrogens is 1. The molecule has 0 aliphatic rings. The lowest BCUT2D eigenvalue weighted by Gasteiger charge is -2.25. The summed E-state index contributed by atoms with van der Waals surface area (Å²) in [4.78, 5) is 7.03. The molecule has 0 radical (unpaired) electrons. The van der Waals surface area contributed by atoms with Crippen LogP contribution in [0, 0.1) is 11.8 Å². The second-order valence-corrected chi connectivity index (χ2v) is 6.36. The van der Waals surface area contributed by atoms with Gasteiger partial charge >= 0.3 is 0 Å². The van der Waals surface area contributed by atoms with Gasteiger partial charge in [0.15, 0.2) is 0 Å². The summed E-state index contributed by atoms with van der Waals surface area (Å²) in [7, 11) is 0. The minimum absolute atomic E-state index is 0.555. The SMILES string of the molecule is CC(C)CN(Cc1csc(CN)n1)CC(C)C. The van der Waals surface area contributed by atoms with E-state index in [1.165, 1.54) is 0 Å². The molecule has 0 atom stereocenters. The second-order valence-electron chi connectivity index (χ2n) is 5.42. The van der Waals surface area contributed by atoms with E-state index < -0.39 is 0 Å². The van der Waals surface area contributed by atoms with Crippen LogP contribution in [0.2, 0.25) is 0 Å². The summed E-state index contributed by atoms with van der Waals surface area (Å²) in [5.41, 5.74) is 6.75. The van der Waals surface area contributed by atoms with Gasteiger partial charge in [-0.25, -0.2) is 4.98 Å². The van der Waals surface area contributed by atoms with E-state index in [9.17, 15) is 0 Å². The molecule has 1 aromatic heterocycles. The molecule has 3 nitrogen and oxygen atoms in total. The van der Waals surface area contributed by atoms with Gasteiger partial charge in [0.2, 0.25) is 0 Å². The molecule has 0 fully saturated rings. The lowest BCUT2D eigenvalue weighted by molar-refractivity contribution is 0.209. The Labute approximate surface area is 109 Å². The van der Waals surface area contributed by atoms with Crippen LogP contribution < -0.4 is 5.73 Å². The Morgan fingerprint density at radius 1 is 1.24 bits per heavy atom. The van der Waals surface area contributed by atoms with Crippen molar-refractivity contribution in [1.82, 2.24) is 9.88 Å². The molecule has 0 spiro atoms. The fourth-order valence-electron chi connectivity index (χ4n) is 1.98. The zero-order valence-corrected chi connectivity index (χ0v) is 12.3. The predicted octanol–water partition coefficient (Wildman–Crippen LogP) is 2.72. The van der Waals surface area contributed by atoms with E-state index in [0.29, 0.717) is 18.4 Å². The van der Waals surface area contributed by atoms with Crippen LogP contribution in [0.25, 0.3) is 0 Å². The number of hydrogen-bond donors (Lipinski definition) is 1. The van der Waals surface area contributed by atoms with Gasteiger partial charge < -0.3 is 5.73 Å². The van der Waals surface area contributed by atoms with Gasteiger partial charge in [0.25, 0.3) is 0 Å². The quantitative estimate of drug-likeness (QED) is 0.814. The van der Waals surface area contributed by atoms with Gasteiger partial charge in [-0.05, 0) is 11.8 Å². The number of nitrogens with zero attached hydrogens (tertiary/aromatic N) is 2. The first kappa shape index (κ1) is 14.6. The predicted molar refractivity (Wildman–Crippen MR) is 75.0 cm³/mol. The van der Waals surface area contributed by atoms with Gasteiger partial charge in [0, 0.05) is 31.6 Å². The Morgan fingerprint density at radius 3 is 2.24 bits per heavy atom. The van der Waals surface area contributed by atoms with Crippen LogP contribution in [0.15, 0.2) is 5.38 Å². The lowest BCUT2D eigenvalue weighted by atomic mass is 10.1. The third-order valence-corrected chi connectivity index (χ3v) is 3.33. The highest BCUT2D eigenvalue weighted by atomic mass is 32.1. The van der Waals surface area contributed by atoms with Crippen molar-refractivity contribution in [2.75, 3.05) is 13.1 Å². The van der Waals surface area contributed by atoms with E-state index in [-0.39, 0.29) is 0 Å². The Kier molecular flexibility index (Phi) is 6.09. The molecule has 1 aromatic rings. The van der Waals surface area contributed by atoms with Gasteiger partial charge in [-0.15, -0.1) is 11.3 Å². The Balaban J connectivity index is 2.57. The lowest BCUT2D eigenvalue weighted by Crippen LogP contribution is -2.31. The molecule has 0 aromatic carbocycles. The Hall–Kier alpha value is -0.450. The highest BCUT2D eigenvalue weighted by Crippen LogP contribution is 2.13. The molecule has 1 heterocycles. The summed E-state index contributed by atoms with van der Waals surface area (Å²) < 4.78 is 0. The average Bonchev–Trinajstić information content (AvgIpc) is 2.63. The normalized spacial score (nSPS) is 12.0. The van der Waals surface area contributed by atoms with E-state index in [0.717, 1.165) is 30.3 Å². The molecule has 0 saturated heterocycles. The molecule has 0 saturated carbocycles. The summed E-state index contributed by atoms with van der Waals surface area (Å²) in [5.74, 6) is 1.39. The summed E-state index contributed by atoms with van der Waals surface area (Å²) in [6.45, 7) is 12.8. The standard InChI is InChI=1S/C13H25N3S/c1-10(2)6-16(7-11(3)4)8-12-9-17-13(5-14)15-12/h9-11H,5-8,14H2,1-4H3. The summed E-state index contributed by atoms with van der Waals surface area (Å²) in [6.07, 6.45) is 0. The maximum Gasteiger partial charge on any atom is 0.106 e. The first-order valence-electron chi connectivity index (χ1n) is 6.37. The molecule has 1 rings (SSSR count). The second kappa shape index (κ2) is 7.09. The summed E-state index contributed by atoms with van der Waals surface area (Å²) >= 11 is 1.67. The maximum absolute atomic E-state index is 5.59. The number of thiazole rings is 1. The summed E-state index contributed by atoms with van der Waals surface area (Å²) in [6, 6.07) is 0. The van der Waals surface area contributed by atoms with E-state index in [1.807, 2.05) is 0 Å². The van der Waals surface area contributed by atoms with Crippen molar-refractivity contribution in [2.24, 2.45) is 17.6 Å². The highest BCUT2D eigenvalue weighted by Gasteiger charge is 2.11. The Bertz CT molecular complexity index is 310. The van der Waals surface area contributed by atoms with Gasteiger partial charge in [0.05, 0.1) is 5.69 Å². The molecule has 0 aliphatic heterocycles. The van der Waals surface area contributed by atoms with Crippen LogP contribution in [0.3, 0.4) is 0 Å². The summed E-state index contributed by atoms with van der Waals surface area (Å²) in [5, 5.41) is 3.17. The van der Waals surface area contributed by atoms with Crippen molar-refractivity contribution in [1.29, 1.82) is 0 Å². The fraction of sp³-hybridized carbons (Fsp3) is 0.769. The zero-order valence-electron chi connectivity index (χ0n) is 11.4. The minimum atomic E-state index is 0.555. The first-order chi connectivity index (χ1) is 8.01. The molecule has 0 amide bonds. The molecule has 98 valence electrons.